The third-order valence-corrected chi connectivity index (χ3v) is 11.7. The van der Waals surface area contributed by atoms with Gasteiger partial charge < -0.3 is 9.80 Å². The number of anilines is 6. The summed E-state index contributed by atoms with van der Waals surface area (Å²) in [6, 6.07) is 67.0. The van der Waals surface area contributed by atoms with E-state index < -0.39 is 0 Å². The van der Waals surface area contributed by atoms with Crippen LogP contribution in [0.3, 0.4) is 0 Å². The highest BCUT2D eigenvalue weighted by molar-refractivity contribution is 6.28. The molecule has 0 amide bonds. The molecule has 2 heteroatoms. The minimum atomic E-state index is -0.109. The molecule has 0 saturated heterocycles. The summed E-state index contributed by atoms with van der Waals surface area (Å²) in [5.41, 5.74) is 9.63. The molecule has 0 saturated carbocycles. The van der Waals surface area contributed by atoms with Crippen molar-refractivity contribution in [2.24, 2.45) is 0 Å². The van der Waals surface area contributed by atoms with Gasteiger partial charge in [-0.05, 0) is 115 Å². The van der Waals surface area contributed by atoms with E-state index in [1.807, 2.05) is 0 Å². The lowest BCUT2D eigenvalue weighted by atomic mass is 9.81. The molecule has 0 spiro atoms. The molecule has 0 atom stereocenters. The van der Waals surface area contributed by atoms with Crippen LogP contribution in [0.15, 0.2) is 182 Å². The molecule has 10 aromatic rings. The Kier molecular flexibility index (Phi) is 6.33. The van der Waals surface area contributed by atoms with E-state index in [0.29, 0.717) is 0 Å². The number of para-hydroxylation sites is 3. The van der Waals surface area contributed by atoms with E-state index in [9.17, 15) is 0 Å². The van der Waals surface area contributed by atoms with Crippen molar-refractivity contribution >= 4 is 88.0 Å². The van der Waals surface area contributed by atoms with Crippen LogP contribution < -0.4 is 9.80 Å². The molecule has 1 aliphatic rings. The Bertz CT molecular complexity index is 2980. The van der Waals surface area contributed by atoms with Crippen LogP contribution in [0.4, 0.5) is 34.1 Å². The fourth-order valence-corrected chi connectivity index (χ4v) is 9.26. The molecule has 0 unspecified atom stereocenters. The first-order valence-corrected chi connectivity index (χ1v) is 18.5. The van der Waals surface area contributed by atoms with Gasteiger partial charge in [-0.3, -0.25) is 0 Å². The van der Waals surface area contributed by atoms with Crippen LogP contribution >= 0.6 is 0 Å². The monoisotopic (exact) mass is 676 g/mol. The smallest absolute Gasteiger partial charge is 0.0540 e. The van der Waals surface area contributed by atoms with Gasteiger partial charge in [0.25, 0.3) is 0 Å². The Morgan fingerprint density at radius 1 is 0.321 bits per heavy atom. The van der Waals surface area contributed by atoms with Gasteiger partial charge in [0.15, 0.2) is 0 Å². The van der Waals surface area contributed by atoms with Crippen LogP contribution in [0.25, 0.3) is 53.9 Å². The summed E-state index contributed by atoms with van der Waals surface area (Å²) >= 11 is 0. The molecule has 0 heterocycles. The maximum atomic E-state index is 2.48. The predicted octanol–water partition coefficient (Wildman–Crippen LogP) is 14.5. The number of hydrogen-bond donors (Lipinski definition) is 0. The zero-order valence-corrected chi connectivity index (χ0v) is 29.7. The largest absolute Gasteiger partial charge is 0.310 e. The predicted molar refractivity (Wildman–Crippen MR) is 227 cm³/mol. The van der Waals surface area contributed by atoms with Crippen molar-refractivity contribution in [2.75, 3.05) is 9.80 Å². The lowest BCUT2D eigenvalue weighted by molar-refractivity contribution is 0.663. The Balaban J connectivity index is 1.18. The van der Waals surface area contributed by atoms with Crippen LogP contribution in [0, 0.1) is 0 Å². The standard InChI is InChI=1S/C51H36N2/c1-51(2)43-20-12-13-33-21-22-36-31-40(32-44(51)50(36)49(33)43)53(39-18-10-5-11-19-39)46-30-26-35-23-27-41-45(29-25-34-24-28-42(46)48(35)47(34)41)52(37-14-6-3-7-15-37)38-16-8-4-9-17-38/h3-32H,1-2H3. The first-order valence-electron chi connectivity index (χ1n) is 18.5. The third kappa shape index (κ3) is 4.33. The Labute approximate surface area is 309 Å². The second-order valence-corrected chi connectivity index (χ2v) is 15.0. The average Bonchev–Trinajstić information content (AvgIpc) is 3.45. The second kappa shape index (κ2) is 11.2. The van der Waals surface area contributed by atoms with Crippen molar-refractivity contribution in [2.45, 2.75) is 19.3 Å². The Morgan fingerprint density at radius 3 is 1.30 bits per heavy atom. The van der Waals surface area contributed by atoms with Crippen LogP contribution in [-0.2, 0) is 5.41 Å². The van der Waals surface area contributed by atoms with Crippen LogP contribution in [0.1, 0.15) is 25.0 Å². The fraction of sp³-hybridized carbons (Fsp3) is 0.0588. The van der Waals surface area contributed by atoms with Gasteiger partial charge in [-0.2, -0.15) is 0 Å². The summed E-state index contributed by atoms with van der Waals surface area (Å²) < 4.78 is 0. The topological polar surface area (TPSA) is 6.48 Å². The summed E-state index contributed by atoms with van der Waals surface area (Å²) in [7, 11) is 0. The minimum absolute atomic E-state index is 0.109. The Hall–Kier alpha value is -6.64. The maximum Gasteiger partial charge on any atom is 0.0540 e. The van der Waals surface area contributed by atoms with Crippen LogP contribution in [-0.4, -0.2) is 0 Å². The number of benzene rings is 10. The molecule has 0 aromatic heterocycles. The van der Waals surface area contributed by atoms with Crippen molar-refractivity contribution in [3.8, 4) is 0 Å². The van der Waals surface area contributed by atoms with E-state index in [2.05, 4.69) is 206 Å². The fourth-order valence-electron chi connectivity index (χ4n) is 9.26. The van der Waals surface area contributed by atoms with Gasteiger partial charge in [0, 0.05) is 38.9 Å². The van der Waals surface area contributed by atoms with Crippen molar-refractivity contribution in [1.29, 1.82) is 0 Å². The summed E-state index contributed by atoms with van der Waals surface area (Å²) in [6.07, 6.45) is 0. The maximum absolute atomic E-state index is 2.48. The molecule has 2 nitrogen and oxygen atoms in total. The molecule has 0 aliphatic heterocycles. The van der Waals surface area contributed by atoms with E-state index >= 15 is 0 Å². The number of rotatable bonds is 6. The molecule has 10 aromatic carbocycles. The Morgan fingerprint density at radius 2 is 0.755 bits per heavy atom. The quantitative estimate of drug-likeness (QED) is 0.162. The van der Waals surface area contributed by atoms with Gasteiger partial charge in [-0.1, -0.05) is 135 Å². The normalized spacial score (nSPS) is 13.2. The van der Waals surface area contributed by atoms with E-state index in [-0.39, 0.29) is 5.41 Å². The highest BCUT2D eigenvalue weighted by Gasteiger charge is 2.35. The molecular weight excluding hydrogens is 641 g/mol. The van der Waals surface area contributed by atoms with Crippen molar-refractivity contribution in [3.63, 3.8) is 0 Å². The third-order valence-electron chi connectivity index (χ3n) is 11.7. The molecule has 0 N–H and O–H groups in total. The summed E-state index contributed by atoms with van der Waals surface area (Å²) in [4.78, 5) is 4.87. The zero-order chi connectivity index (χ0) is 35.3. The first-order chi connectivity index (χ1) is 26.1. The van der Waals surface area contributed by atoms with Crippen LogP contribution in [0.5, 0.6) is 0 Å². The molecule has 0 fully saturated rings. The molecule has 250 valence electrons. The summed E-state index contributed by atoms with van der Waals surface area (Å²) in [5, 5.41) is 12.9. The van der Waals surface area contributed by atoms with Crippen LogP contribution in [0.2, 0.25) is 0 Å². The lowest BCUT2D eigenvalue weighted by Crippen LogP contribution is -2.17. The molecule has 0 bridgehead atoms. The second-order valence-electron chi connectivity index (χ2n) is 15.0. The molecule has 53 heavy (non-hydrogen) atoms. The molecule has 0 radical (unpaired) electrons. The number of hydrogen-bond acceptors (Lipinski definition) is 2. The first kappa shape index (κ1) is 30.0. The van der Waals surface area contributed by atoms with Crippen molar-refractivity contribution in [1.82, 2.24) is 0 Å². The van der Waals surface area contributed by atoms with Crippen molar-refractivity contribution in [3.05, 3.63) is 193 Å². The highest BCUT2D eigenvalue weighted by atomic mass is 15.1. The van der Waals surface area contributed by atoms with Gasteiger partial charge in [0.2, 0.25) is 0 Å². The lowest BCUT2D eigenvalue weighted by Gasteiger charge is -2.30. The SMILES string of the molecule is CC1(C)c2cccc3ccc4cc(N(c5ccccc5)c5ccc6ccc7c(N(c8ccccc8)c8ccccc8)ccc8ccc5c6c87)cc1c4c23. The number of nitrogens with zero attached hydrogens (tertiary/aromatic N) is 2. The zero-order valence-electron chi connectivity index (χ0n) is 29.7. The van der Waals surface area contributed by atoms with Gasteiger partial charge in [-0.25, -0.2) is 0 Å². The van der Waals surface area contributed by atoms with E-state index in [1.165, 1.54) is 82.1 Å². The molecule has 1 aliphatic carbocycles. The minimum Gasteiger partial charge on any atom is -0.310 e. The van der Waals surface area contributed by atoms with Gasteiger partial charge in [0.1, 0.15) is 0 Å². The van der Waals surface area contributed by atoms with E-state index in [1.54, 1.807) is 0 Å². The van der Waals surface area contributed by atoms with Crippen molar-refractivity contribution < 1.29 is 0 Å². The van der Waals surface area contributed by atoms with Gasteiger partial charge in [0.05, 0.1) is 11.4 Å². The van der Waals surface area contributed by atoms with E-state index in [4.69, 9.17) is 0 Å². The highest BCUT2D eigenvalue weighted by Crippen LogP contribution is 2.52. The van der Waals surface area contributed by atoms with Gasteiger partial charge in [-0.15, -0.1) is 0 Å². The van der Waals surface area contributed by atoms with Gasteiger partial charge >= 0.3 is 0 Å². The summed E-state index contributed by atoms with van der Waals surface area (Å²) in [5.74, 6) is 0. The summed E-state index contributed by atoms with van der Waals surface area (Å²) in [6.45, 7) is 4.77. The molecule has 11 rings (SSSR count). The molecular formula is C51H36N2. The van der Waals surface area contributed by atoms with E-state index in [0.717, 1.165) is 17.1 Å². The average molecular weight is 677 g/mol.